The Morgan fingerprint density at radius 2 is 2.27 bits per heavy atom. The lowest BCUT2D eigenvalue weighted by molar-refractivity contribution is -0.139. The van der Waals surface area contributed by atoms with Crippen LogP contribution in [0.5, 0.6) is 0 Å². The molecule has 1 fully saturated rings. The van der Waals surface area contributed by atoms with E-state index in [1.54, 1.807) is 13.2 Å². The summed E-state index contributed by atoms with van der Waals surface area (Å²) in [6, 6.07) is 4.10. The second kappa shape index (κ2) is 7.00. The monoisotopic (exact) mass is 321 g/mol. The lowest BCUT2D eigenvalue weighted by atomic mass is 10.2. The van der Waals surface area contributed by atoms with Gasteiger partial charge in [-0.15, -0.1) is 10.2 Å². The van der Waals surface area contributed by atoms with Crippen LogP contribution in [0.15, 0.2) is 28.0 Å². The number of carbonyl (C=O) groups is 1. The number of hydrogen-bond donors (Lipinski definition) is 0. The molecule has 0 aromatic carbocycles. The van der Waals surface area contributed by atoms with Crippen molar-refractivity contribution in [3.05, 3.63) is 18.4 Å². The summed E-state index contributed by atoms with van der Waals surface area (Å²) in [5.74, 6) is 1.47. The van der Waals surface area contributed by atoms with Gasteiger partial charge in [0, 0.05) is 6.04 Å². The van der Waals surface area contributed by atoms with Crippen molar-refractivity contribution in [1.29, 1.82) is 0 Å². The van der Waals surface area contributed by atoms with E-state index in [1.807, 2.05) is 12.1 Å². The minimum Gasteiger partial charge on any atom is -0.465 e. The van der Waals surface area contributed by atoms with Crippen molar-refractivity contribution in [3.8, 4) is 11.6 Å². The molecule has 0 radical (unpaired) electrons. The van der Waals surface area contributed by atoms with Gasteiger partial charge in [0.2, 0.25) is 5.82 Å². The first-order chi connectivity index (χ1) is 10.8. The molecule has 2 heterocycles. The van der Waals surface area contributed by atoms with Crippen molar-refractivity contribution in [3.63, 3.8) is 0 Å². The molecule has 1 aliphatic carbocycles. The molecule has 22 heavy (non-hydrogen) atoms. The van der Waals surface area contributed by atoms with Crippen molar-refractivity contribution in [2.45, 2.75) is 43.8 Å². The van der Waals surface area contributed by atoms with E-state index >= 15 is 0 Å². The van der Waals surface area contributed by atoms with Crippen LogP contribution in [0.1, 0.15) is 38.6 Å². The van der Waals surface area contributed by atoms with Gasteiger partial charge in [-0.05, 0) is 31.9 Å². The summed E-state index contributed by atoms with van der Waals surface area (Å²) in [4.78, 5) is 11.6. The summed E-state index contributed by atoms with van der Waals surface area (Å²) in [5, 5.41) is 9.29. The second-order valence-electron chi connectivity index (χ2n) is 5.19. The predicted octanol–water partition coefficient (Wildman–Crippen LogP) is 3.31. The third-order valence-corrected chi connectivity index (χ3v) is 4.64. The molecule has 2 aromatic heterocycles. The predicted molar refractivity (Wildman–Crippen MR) is 82.6 cm³/mol. The molecule has 0 unspecified atom stereocenters. The van der Waals surface area contributed by atoms with Crippen LogP contribution in [0.25, 0.3) is 11.6 Å². The van der Waals surface area contributed by atoms with Crippen LogP contribution in [-0.2, 0) is 9.53 Å². The minimum absolute atomic E-state index is 0.229. The number of aromatic nitrogens is 3. The topological polar surface area (TPSA) is 70.2 Å². The highest BCUT2D eigenvalue weighted by molar-refractivity contribution is 7.99. The smallest absolute Gasteiger partial charge is 0.316 e. The van der Waals surface area contributed by atoms with Crippen LogP contribution in [-0.4, -0.2) is 33.1 Å². The third-order valence-electron chi connectivity index (χ3n) is 3.72. The van der Waals surface area contributed by atoms with Crippen LogP contribution < -0.4 is 0 Å². The summed E-state index contributed by atoms with van der Waals surface area (Å²) in [5.41, 5.74) is 0. The van der Waals surface area contributed by atoms with Gasteiger partial charge in [-0.3, -0.25) is 9.36 Å². The van der Waals surface area contributed by atoms with Gasteiger partial charge in [0.15, 0.2) is 10.9 Å². The summed E-state index contributed by atoms with van der Waals surface area (Å²) >= 11 is 1.37. The van der Waals surface area contributed by atoms with Crippen LogP contribution >= 0.6 is 11.8 Å². The third kappa shape index (κ3) is 3.19. The lowest BCUT2D eigenvalue weighted by Crippen LogP contribution is -2.11. The van der Waals surface area contributed by atoms with E-state index in [0.717, 1.165) is 23.8 Å². The van der Waals surface area contributed by atoms with E-state index in [-0.39, 0.29) is 11.7 Å². The molecule has 0 saturated heterocycles. The molecule has 0 atom stereocenters. The molecular formula is C15H19N3O3S. The minimum atomic E-state index is -0.229. The van der Waals surface area contributed by atoms with Gasteiger partial charge in [0.1, 0.15) is 0 Å². The molecule has 1 aliphatic rings. The number of hydrogen-bond acceptors (Lipinski definition) is 6. The van der Waals surface area contributed by atoms with E-state index in [9.17, 15) is 4.79 Å². The maximum Gasteiger partial charge on any atom is 0.316 e. The number of rotatable bonds is 6. The molecule has 0 N–H and O–H groups in total. The number of carbonyl (C=O) groups excluding carboxylic acids is 1. The van der Waals surface area contributed by atoms with Gasteiger partial charge in [-0.2, -0.15) is 0 Å². The van der Waals surface area contributed by atoms with Crippen LogP contribution in [0.2, 0.25) is 0 Å². The summed E-state index contributed by atoms with van der Waals surface area (Å²) in [7, 11) is 0. The van der Waals surface area contributed by atoms with E-state index in [4.69, 9.17) is 9.15 Å². The maximum absolute atomic E-state index is 11.6. The number of esters is 1. The Morgan fingerprint density at radius 1 is 1.45 bits per heavy atom. The molecule has 7 heteroatoms. The SMILES string of the molecule is CCOC(=O)CSc1nnc(-c2ccco2)n1C1CCCC1. The van der Waals surface area contributed by atoms with Crippen LogP contribution in [0, 0.1) is 0 Å². The fourth-order valence-electron chi connectivity index (χ4n) is 2.77. The van der Waals surface area contributed by atoms with Crippen molar-refractivity contribution in [2.24, 2.45) is 0 Å². The first-order valence-corrected chi connectivity index (χ1v) is 8.55. The maximum atomic E-state index is 11.6. The molecule has 0 spiro atoms. The van der Waals surface area contributed by atoms with Crippen molar-refractivity contribution in [2.75, 3.05) is 12.4 Å². The first kappa shape index (κ1) is 15.1. The van der Waals surface area contributed by atoms with E-state index in [2.05, 4.69) is 14.8 Å². The molecule has 6 nitrogen and oxygen atoms in total. The molecule has 0 amide bonds. The number of ether oxygens (including phenoxy) is 1. The highest BCUT2D eigenvalue weighted by Gasteiger charge is 2.26. The highest BCUT2D eigenvalue weighted by atomic mass is 32.2. The normalized spacial score (nSPS) is 15.3. The molecular weight excluding hydrogens is 302 g/mol. The molecule has 0 aliphatic heterocycles. The molecule has 3 rings (SSSR count). The van der Waals surface area contributed by atoms with Gasteiger partial charge in [-0.1, -0.05) is 24.6 Å². The summed E-state index contributed by atoms with van der Waals surface area (Å²) in [6.45, 7) is 2.20. The Labute approximate surface area is 133 Å². The van der Waals surface area contributed by atoms with Gasteiger partial charge in [0.25, 0.3) is 0 Å². The quantitative estimate of drug-likeness (QED) is 0.600. The Hall–Kier alpha value is -1.76. The van der Waals surface area contributed by atoms with Crippen molar-refractivity contribution < 1.29 is 13.9 Å². The molecule has 0 bridgehead atoms. The van der Waals surface area contributed by atoms with Gasteiger partial charge < -0.3 is 9.15 Å². The highest BCUT2D eigenvalue weighted by Crippen LogP contribution is 2.36. The zero-order valence-electron chi connectivity index (χ0n) is 12.5. The van der Waals surface area contributed by atoms with Gasteiger partial charge in [-0.25, -0.2) is 0 Å². The fraction of sp³-hybridized carbons (Fsp3) is 0.533. The average Bonchev–Trinajstić information content (AvgIpc) is 3.24. The van der Waals surface area contributed by atoms with Crippen LogP contribution in [0.4, 0.5) is 0 Å². The van der Waals surface area contributed by atoms with Gasteiger partial charge in [0.05, 0.1) is 18.6 Å². The molecule has 118 valence electrons. The number of nitrogens with zero attached hydrogens (tertiary/aromatic N) is 3. The van der Waals surface area contributed by atoms with Crippen molar-refractivity contribution in [1.82, 2.24) is 14.8 Å². The standard InChI is InChI=1S/C15H19N3O3S/c1-2-20-13(19)10-22-15-17-16-14(12-8-5-9-21-12)18(15)11-6-3-4-7-11/h5,8-9,11H,2-4,6-7,10H2,1H3. The fourth-order valence-corrected chi connectivity index (χ4v) is 3.57. The van der Waals surface area contributed by atoms with Crippen LogP contribution in [0.3, 0.4) is 0 Å². The summed E-state index contributed by atoms with van der Waals surface area (Å²) in [6.07, 6.45) is 6.27. The summed E-state index contributed by atoms with van der Waals surface area (Å²) < 4.78 is 12.6. The van der Waals surface area contributed by atoms with E-state index in [0.29, 0.717) is 18.4 Å². The zero-order chi connectivity index (χ0) is 15.4. The van der Waals surface area contributed by atoms with E-state index < -0.39 is 0 Å². The van der Waals surface area contributed by atoms with Crippen molar-refractivity contribution >= 4 is 17.7 Å². The van der Waals surface area contributed by atoms with Gasteiger partial charge >= 0.3 is 5.97 Å². The van der Waals surface area contributed by atoms with E-state index in [1.165, 1.54) is 24.6 Å². The first-order valence-electron chi connectivity index (χ1n) is 7.56. The second-order valence-corrected chi connectivity index (χ2v) is 6.13. The number of furan rings is 1. The number of thioether (sulfide) groups is 1. The Bertz CT molecular complexity index is 618. The molecule has 2 aromatic rings. The Balaban J connectivity index is 1.84. The Kier molecular flexibility index (Phi) is 4.82. The Morgan fingerprint density at radius 3 is 2.95 bits per heavy atom. The largest absolute Gasteiger partial charge is 0.465 e. The average molecular weight is 321 g/mol. The lowest BCUT2D eigenvalue weighted by Gasteiger charge is -2.15. The zero-order valence-corrected chi connectivity index (χ0v) is 13.3. The molecule has 1 saturated carbocycles.